The van der Waals surface area contributed by atoms with E-state index >= 15 is 0 Å². The number of nitrogens with one attached hydrogen (secondary N) is 5. The van der Waals surface area contributed by atoms with Gasteiger partial charge in [-0.15, -0.1) is 0 Å². The van der Waals surface area contributed by atoms with Crippen LogP contribution in [0.2, 0.25) is 0 Å². The topological polar surface area (TPSA) is 86.5 Å². The highest BCUT2D eigenvalue weighted by atomic mass is 16.5. The molecule has 2 fully saturated rings. The number of carbonyl (C=O) groups is 1. The lowest BCUT2D eigenvalue weighted by atomic mass is 9.88. The molecular formula is C17H27N5O2. The average Bonchev–Trinajstić information content (AvgIpc) is 3.16. The minimum absolute atomic E-state index is 0.00697. The fraction of sp³-hybridized carbons (Fsp3) is 0.588. The zero-order valence-corrected chi connectivity index (χ0v) is 14.1. The molecule has 0 saturated carbocycles. The molecule has 0 bridgehead atoms. The number of hydrogen-bond acceptors (Lipinski definition) is 6. The van der Waals surface area contributed by atoms with Crippen LogP contribution in [0.15, 0.2) is 30.3 Å². The van der Waals surface area contributed by atoms with Gasteiger partial charge in [0.25, 0.3) is 0 Å². The summed E-state index contributed by atoms with van der Waals surface area (Å²) in [6.07, 6.45) is 1.78. The van der Waals surface area contributed by atoms with Gasteiger partial charge in [0, 0.05) is 37.9 Å². The van der Waals surface area contributed by atoms with Crippen LogP contribution in [0.4, 0.5) is 0 Å². The zero-order chi connectivity index (χ0) is 16.8. The molecule has 0 aromatic heterocycles. The molecule has 2 unspecified atom stereocenters. The van der Waals surface area contributed by atoms with Crippen LogP contribution in [0.1, 0.15) is 31.4 Å². The predicted molar refractivity (Wildman–Crippen MR) is 91.8 cm³/mol. The van der Waals surface area contributed by atoms with E-state index in [1.54, 1.807) is 0 Å². The predicted octanol–water partition coefficient (Wildman–Crippen LogP) is -0.0164. The summed E-state index contributed by atoms with van der Waals surface area (Å²) < 4.78 is 5.53. The SMILES string of the molecule is CC(NC1(CNC(=O)C2CNNN2)CCOCC1)c1ccccc1. The highest BCUT2D eigenvalue weighted by molar-refractivity contribution is 5.82. The molecule has 1 aromatic rings. The Labute approximate surface area is 142 Å². The fourth-order valence-corrected chi connectivity index (χ4v) is 3.30. The van der Waals surface area contributed by atoms with E-state index in [9.17, 15) is 4.79 Å². The second kappa shape index (κ2) is 8.04. The summed E-state index contributed by atoms with van der Waals surface area (Å²) in [6, 6.07) is 10.4. The molecule has 1 aromatic carbocycles. The van der Waals surface area contributed by atoms with Gasteiger partial charge in [-0.05, 0) is 25.3 Å². The lowest BCUT2D eigenvalue weighted by Gasteiger charge is -2.40. The molecule has 0 spiro atoms. The molecule has 2 aliphatic heterocycles. The van der Waals surface area contributed by atoms with E-state index in [4.69, 9.17) is 4.74 Å². The highest BCUT2D eigenvalue weighted by Crippen LogP contribution is 2.25. The summed E-state index contributed by atoms with van der Waals surface area (Å²) in [5.74, 6) is 0.00697. The van der Waals surface area contributed by atoms with E-state index in [1.807, 2.05) is 6.07 Å². The maximum Gasteiger partial charge on any atom is 0.239 e. The molecule has 2 atom stereocenters. The Kier molecular flexibility index (Phi) is 5.80. The fourth-order valence-electron chi connectivity index (χ4n) is 3.30. The van der Waals surface area contributed by atoms with Crippen LogP contribution in [0.3, 0.4) is 0 Å². The summed E-state index contributed by atoms with van der Waals surface area (Å²) in [7, 11) is 0. The lowest BCUT2D eigenvalue weighted by molar-refractivity contribution is -0.123. The Hall–Kier alpha value is -1.51. The standard InChI is InChI=1S/C17H27N5O2/c1-13(14-5-3-2-4-6-14)20-17(7-9-24-10-8-17)12-18-16(23)15-11-19-22-21-15/h2-6,13,15,19-22H,7-12H2,1H3,(H,18,23). The minimum Gasteiger partial charge on any atom is -0.381 e. The van der Waals surface area contributed by atoms with Gasteiger partial charge in [-0.1, -0.05) is 30.3 Å². The Bertz CT molecular complexity index is 527. The minimum atomic E-state index is -0.242. The van der Waals surface area contributed by atoms with E-state index in [0.717, 1.165) is 26.1 Å². The van der Waals surface area contributed by atoms with E-state index < -0.39 is 0 Å². The smallest absolute Gasteiger partial charge is 0.239 e. The van der Waals surface area contributed by atoms with Gasteiger partial charge in [-0.2, -0.15) is 5.53 Å². The van der Waals surface area contributed by atoms with Gasteiger partial charge < -0.3 is 15.4 Å². The van der Waals surface area contributed by atoms with Crippen molar-refractivity contribution in [3.63, 3.8) is 0 Å². The molecule has 0 aliphatic carbocycles. The Morgan fingerprint density at radius 2 is 2.08 bits per heavy atom. The van der Waals surface area contributed by atoms with Crippen molar-refractivity contribution in [2.75, 3.05) is 26.3 Å². The Balaban J connectivity index is 1.62. The van der Waals surface area contributed by atoms with E-state index in [1.165, 1.54) is 5.56 Å². The van der Waals surface area contributed by atoms with Gasteiger partial charge in [-0.25, -0.2) is 10.9 Å². The third-order valence-electron chi connectivity index (χ3n) is 4.83. The zero-order valence-electron chi connectivity index (χ0n) is 14.1. The molecule has 7 heteroatoms. The number of benzene rings is 1. The maximum absolute atomic E-state index is 12.3. The van der Waals surface area contributed by atoms with Crippen molar-refractivity contribution in [3.05, 3.63) is 35.9 Å². The largest absolute Gasteiger partial charge is 0.381 e. The van der Waals surface area contributed by atoms with Crippen molar-refractivity contribution in [2.24, 2.45) is 0 Å². The molecule has 2 heterocycles. The van der Waals surface area contributed by atoms with Gasteiger partial charge in [0.15, 0.2) is 0 Å². The lowest BCUT2D eigenvalue weighted by Crippen LogP contribution is -2.58. The third kappa shape index (κ3) is 4.31. The van der Waals surface area contributed by atoms with Crippen LogP contribution < -0.4 is 27.0 Å². The molecule has 0 radical (unpaired) electrons. The monoisotopic (exact) mass is 333 g/mol. The summed E-state index contributed by atoms with van der Waals surface area (Å²) in [5, 5.41) is 6.84. The van der Waals surface area contributed by atoms with Gasteiger partial charge in [0.1, 0.15) is 6.04 Å². The van der Waals surface area contributed by atoms with E-state index in [2.05, 4.69) is 58.2 Å². The van der Waals surface area contributed by atoms with Crippen molar-refractivity contribution in [1.29, 1.82) is 0 Å². The first-order chi connectivity index (χ1) is 11.7. The third-order valence-corrected chi connectivity index (χ3v) is 4.83. The van der Waals surface area contributed by atoms with Gasteiger partial charge >= 0.3 is 0 Å². The highest BCUT2D eigenvalue weighted by Gasteiger charge is 2.35. The van der Waals surface area contributed by atoms with Gasteiger partial charge in [0.2, 0.25) is 5.91 Å². The molecule has 132 valence electrons. The molecule has 2 aliphatic rings. The molecule has 1 amide bonds. The first-order valence-corrected chi connectivity index (χ1v) is 8.60. The van der Waals surface area contributed by atoms with Gasteiger partial charge in [0.05, 0.1) is 0 Å². The Morgan fingerprint density at radius 1 is 1.33 bits per heavy atom. The van der Waals surface area contributed by atoms with Crippen LogP contribution in [0.25, 0.3) is 0 Å². The number of amides is 1. The van der Waals surface area contributed by atoms with Crippen LogP contribution in [0.5, 0.6) is 0 Å². The maximum atomic E-state index is 12.3. The first kappa shape index (κ1) is 17.3. The van der Waals surface area contributed by atoms with Crippen molar-refractivity contribution in [2.45, 2.75) is 37.4 Å². The number of hydrazine groups is 2. The summed E-state index contributed by atoms with van der Waals surface area (Å²) >= 11 is 0. The summed E-state index contributed by atoms with van der Waals surface area (Å²) in [6.45, 7) is 4.78. The second-order valence-corrected chi connectivity index (χ2v) is 6.59. The molecule has 2 saturated heterocycles. The number of hydrogen-bond donors (Lipinski definition) is 5. The van der Waals surface area contributed by atoms with Crippen molar-refractivity contribution in [3.8, 4) is 0 Å². The van der Waals surface area contributed by atoms with Crippen molar-refractivity contribution < 1.29 is 9.53 Å². The number of rotatable bonds is 6. The average molecular weight is 333 g/mol. The van der Waals surface area contributed by atoms with Gasteiger partial charge in [-0.3, -0.25) is 4.79 Å². The Morgan fingerprint density at radius 3 is 2.75 bits per heavy atom. The van der Waals surface area contributed by atoms with Crippen LogP contribution in [-0.2, 0) is 9.53 Å². The number of ether oxygens (including phenoxy) is 1. The van der Waals surface area contributed by atoms with E-state index in [-0.39, 0.29) is 23.5 Å². The normalized spacial score (nSPS) is 24.5. The summed E-state index contributed by atoms with van der Waals surface area (Å²) in [5.41, 5.74) is 9.67. The van der Waals surface area contributed by atoms with Crippen LogP contribution in [-0.4, -0.2) is 43.8 Å². The molecule has 3 rings (SSSR count). The molecule has 5 N–H and O–H groups in total. The van der Waals surface area contributed by atoms with Crippen LogP contribution >= 0.6 is 0 Å². The molecule has 7 nitrogen and oxygen atoms in total. The van der Waals surface area contributed by atoms with Crippen molar-refractivity contribution >= 4 is 5.91 Å². The number of carbonyl (C=O) groups excluding carboxylic acids is 1. The molecular weight excluding hydrogens is 306 g/mol. The first-order valence-electron chi connectivity index (χ1n) is 8.60. The summed E-state index contributed by atoms with van der Waals surface area (Å²) in [4.78, 5) is 12.3. The van der Waals surface area contributed by atoms with Crippen molar-refractivity contribution in [1.82, 2.24) is 27.0 Å². The quantitative estimate of drug-likeness (QED) is 0.503. The second-order valence-electron chi connectivity index (χ2n) is 6.59. The molecule has 24 heavy (non-hydrogen) atoms. The van der Waals surface area contributed by atoms with E-state index in [0.29, 0.717) is 13.1 Å². The van der Waals surface area contributed by atoms with Crippen LogP contribution in [0, 0.1) is 0 Å².